The van der Waals surface area contributed by atoms with Gasteiger partial charge < -0.3 is 20.1 Å². The van der Waals surface area contributed by atoms with Crippen molar-refractivity contribution >= 4 is 35.2 Å². The Bertz CT molecular complexity index is 1120. The average molecular weight is 516 g/mol. The van der Waals surface area contributed by atoms with E-state index in [1.807, 2.05) is 39.8 Å². The highest BCUT2D eigenvalue weighted by atomic mass is 35.5. The molecule has 9 heteroatoms. The summed E-state index contributed by atoms with van der Waals surface area (Å²) in [5.74, 6) is -0.795. The smallest absolute Gasteiger partial charge is 0.411 e. The van der Waals surface area contributed by atoms with Crippen molar-refractivity contribution in [3.63, 3.8) is 0 Å². The van der Waals surface area contributed by atoms with Crippen LogP contribution in [-0.4, -0.2) is 54.2 Å². The van der Waals surface area contributed by atoms with Crippen LogP contribution in [0.5, 0.6) is 0 Å². The maximum Gasteiger partial charge on any atom is 0.411 e. The van der Waals surface area contributed by atoms with Crippen molar-refractivity contribution in [2.24, 2.45) is 11.3 Å². The summed E-state index contributed by atoms with van der Waals surface area (Å²) in [7, 11) is 1.25. The van der Waals surface area contributed by atoms with Crippen molar-refractivity contribution in [1.29, 1.82) is 0 Å². The Morgan fingerprint density at radius 2 is 1.78 bits per heavy atom. The molecule has 1 fully saturated rings. The van der Waals surface area contributed by atoms with Crippen LogP contribution in [0.15, 0.2) is 48.5 Å². The Labute approximate surface area is 217 Å². The fraction of sp³-hybridized carbons (Fsp3) is 0.444. The number of ether oxygens (including phenoxy) is 1. The van der Waals surface area contributed by atoms with Gasteiger partial charge in [0.1, 0.15) is 6.04 Å². The topological polar surface area (TPSA) is 108 Å². The second kappa shape index (κ2) is 10.9. The lowest BCUT2D eigenvalue weighted by atomic mass is 9.66. The molecule has 1 aliphatic rings. The predicted molar refractivity (Wildman–Crippen MR) is 139 cm³/mol. The number of nitrogens with zero attached hydrogens (tertiary/aromatic N) is 1. The highest BCUT2D eigenvalue weighted by molar-refractivity contribution is 6.30. The Morgan fingerprint density at radius 1 is 1.11 bits per heavy atom. The Morgan fingerprint density at radius 3 is 2.36 bits per heavy atom. The molecule has 0 aliphatic carbocycles. The van der Waals surface area contributed by atoms with E-state index in [0.717, 1.165) is 5.56 Å². The molecule has 2 aromatic carbocycles. The van der Waals surface area contributed by atoms with Crippen LogP contribution in [0.4, 0.5) is 10.5 Å². The predicted octanol–water partition coefficient (Wildman–Crippen LogP) is 4.42. The number of carbonyl (C=O) groups is 3. The van der Waals surface area contributed by atoms with Crippen LogP contribution in [0, 0.1) is 11.3 Å². The van der Waals surface area contributed by atoms with Crippen molar-refractivity contribution < 1.29 is 24.2 Å². The summed E-state index contributed by atoms with van der Waals surface area (Å²) >= 11 is 6.03. The molecular weight excluding hydrogens is 482 g/mol. The van der Waals surface area contributed by atoms with E-state index in [1.54, 1.807) is 35.2 Å². The Kier molecular flexibility index (Phi) is 8.31. The number of nitrogens with one attached hydrogen (secondary N) is 2. The largest absolute Gasteiger partial charge is 0.453 e. The molecule has 0 bridgehead atoms. The molecule has 194 valence electrons. The zero-order valence-electron chi connectivity index (χ0n) is 21.3. The number of amides is 3. The van der Waals surface area contributed by atoms with Crippen LogP contribution in [0.1, 0.15) is 50.0 Å². The quantitative estimate of drug-likeness (QED) is 0.528. The first-order chi connectivity index (χ1) is 16.9. The lowest BCUT2D eigenvalue weighted by Crippen LogP contribution is -2.60. The summed E-state index contributed by atoms with van der Waals surface area (Å²) in [4.78, 5) is 39.8. The number of benzene rings is 2. The van der Waals surface area contributed by atoms with Crippen molar-refractivity contribution in [2.75, 3.05) is 25.5 Å². The normalized spacial score (nSPS) is 19.9. The monoisotopic (exact) mass is 515 g/mol. The first kappa shape index (κ1) is 27.5. The SMILES string of the molecule is COC(=O)Nc1cccc(C(=O)N[C@@H](C(=O)N2CC[C@](O)(c3ccc(Cl)cc3)C(C)(C)C2)C(C)C)c1. The summed E-state index contributed by atoms with van der Waals surface area (Å²) < 4.78 is 4.59. The number of piperidine rings is 1. The third-order valence-corrected chi connectivity index (χ3v) is 7.11. The van der Waals surface area contributed by atoms with Gasteiger partial charge in [-0.3, -0.25) is 14.9 Å². The third kappa shape index (κ3) is 5.82. The first-order valence-electron chi connectivity index (χ1n) is 11.9. The van der Waals surface area contributed by atoms with E-state index in [0.29, 0.717) is 35.8 Å². The third-order valence-electron chi connectivity index (χ3n) is 6.86. The number of rotatable bonds is 6. The van der Waals surface area contributed by atoms with Gasteiger partial charge in [0.2, 0.25) is 5.91 Å². The van der Waals surface area contributed by atoms with Crippen LogP contribution in [0.25, 0.3) is 0 Å². The lowest BCUT2D eigenvalue weighted by molar-refractivity contribution is -0.155. The Balaban J connectivity index is 1.75. The van der Waals surface area contributed by atoms with Crippen molar-refractivity contribution in [3.05, 3.63) is 64.7 Å². The fourth-order valence-corrected chi connectivity index (χ4v) is 4.74. The molecule has 3 rings (SSSR count). The van der Waals surface area contributed by atoms with Crippen LogP contribution in [-0.2, 0) is 15.1 Å². The summed E-state index contributed by atoms with van der Waals surface area (Å²) in [6.07, 6.45) is -0.290. The number of carbonyl (C=O) groups excluding carboxylic acids is 3. The van der Waals surface area contributed by atoms with Crippen LogP contribution < -0.4 is 10.6 Å². The van der Waals surface area contributed by atoms with Crippen molar-refractivity contribution in [3.8, 4) is 0 Å². The number of aliphatic hydroxyl groups is 1. The van der Waals surface area contributed by atoms with Gasteiger partial charge in [-0.2, -0.15) is 0 Å². The zero-order valence-corrected chi connectivity index (χ0v) is 22.1. The summed E-state index contributed by atoms with van der Waals surface area (Å²) in [6, 6.07) is 12.8. The van der Waals surface area contributed by atoms with Crippen LogP contribution in [0.3, 0.4) is 0 Å². The lowest BCUT2D eigenvalue weighted by Gasteiger charge is -2.51. The van der Waals surface area contributed by atoms with Gasteiger partial charge in [-0.1, -0.05) is 57.5 Å². The van der Waals surface area contributed by atoms with Gasteiger partial charge in [-0.05, 0) is 48.2 Å². The van der Waals surface area contributed by atoms with E-state index in [4.69, 9.17) is 11.6 Å². The molecule has 36 heavy (non-hydrogen) atoms. The van der Waals surface area contributed by atoms with Gasteiger partial charge in [0.15, 0.2) is 0 Å². The minimum absolute atomic E-state index is 0.169. The molecule has 0 radical (unpaired) electrons. The van der Waals surface area contributed by atoms with Gasteiger partial charge in [-0.25, -0.2) is 4.79 Å². The molecule has 0 spiro atoms. The molecule has 8 nitrogen and oxygen atoms in total. The molecule has 1 saturated heterocycles. The molecule has 0 unspecified atom stereocenters. The zero-order chi connectivity index (χ0) is 26.7. The van der Waals surface area contributed by atoms with Gasteiger partial charge in [0.25, 0.3) is 5.91 Å². The second-order valence-electron chi connectivity index (χ2n) is 10.2. The fourth-order valence-electron chi connectivity index (χ4n) is 4.61. The number of likely N-dealkylation sites (tertiary alicyclic amines) is 1. The summed E-state index contributed by atoms with van der Waals surface area (Å²) in [5, 5.41) is 17.6. The van der Waals surface area contributed by atoms with E-state index in [9.17, 15) is 19.5 Å². The number of anilines is 1. The molecule has 1 heterocycles. The Hall–Kier alpha value is -3.10. The van der Waals surface area contributed by atoms with E-state index in [-0.39, 0.29) is 11.8 Å². The maximum absolute atomic E-state index is 13.6. The molecule has 1 aliphatic heterocycles. The second-order valence-corrected chi connectivity index (χ2v) is 10.6. The van der Waals surface area contributed by atoms with Gasteiger partial charge >= 0.3 is 6.09 Å². The molecule has 0 saturated carbocycles. The number of halogens is 1. The van der Waals surface area contributed by atoms with Crippen LogP contribution in [0.2, 0.25) is 5.02 Å². The molecule has 2 aromatic rings. The standard InChI is InChI=1S/C27H34ClN3O5/c1-17(2)22(30-23(32)18-7-6-8-21(15-18)29-25(34)36-5)24(33)31-14-13-27(35,26(3,4)16-31)19-9-11-20(28)12-10-19/h6-12,15,17,22,35H,13-14,16H2,1-5H3,(H,29,34)(H,30,32)/t22-,27+/m1/s1. The van der Waals surface area contributed by atoms with E-state index in [2.05, 4.69) is 15.4 Å². The summed E-state index contributed by atoms with van der Waals surface area (Å²) in [6.45, 7) is 8.28. The molecule has 3 amide bonds. The number of methoxy groups -OCH3 is 1. The highest BCUT2D eigenvalue weighted by Gasteiger charge is 2.50. The van der Waals surface area contributed by atoms with Crippen molar-refractivity contribution in [1.82, 2.24) is 10.2 Å². The number of hydrogen-bond donors (Lipinski definition) is 3. The van der Waals surface area contributed by atoms with Gasteiger partial charge in [-0.15, -0.1) is 0 Å². The van der Waals surface area contributed by atoms with E-state index < -0.39 is 29.1 Å². The van der Waals surface area contributed by atoms with E-state index in [1.165, 1.54) is 13.2 Å². The number of hydrogen-bond acceptors (Lipinski definition) is 5. The molecule has 2 atom stereocenters. The van der Waals surface area contributed by atoms with Gasteiger partial charge in [0, 0.05) is 34.8 Å². The van der Waals surface area contributed by atoms with Crippen LogP contribution >= 0.6 is 11.6 Å². The molecule has 3 N–H and O–H groups in total. The minimum Gasteiger partial charge on any atom is -0.453 e. The molecular formula is C27H34ClN3O5. The highest BCUT2D eigenvalue weighted by Crippen LogP contribution is 2.46. The maximum atomic E-state index is 13.6. The van der Waals surface area contributed by atoms with E-state index >= 15 is 0 Å². The van der Waals surface area contributed by atoms with Crippen molar-refractivity contribution in [2.45, 2.75) is 45.8 Å². The minimum atomic E-state index is -1.13. The first-order valence-corrected chi connectivity index (χ1v) is 12.3. The van der Waals surface area contributed by atoms with Gasteiger partial charge in [0.05, 0.1) is 12.7 Å². The average Bonchev–Trinajstić information content (AvgIpc) is 2.83. The molecule has 0 aromatic heterocycles. The summed E-state index contributed by atoms with van der Waals surface area (Å²) in [5.41, 5.74) is -0.301.